The second-order valence-electron chi connectivity index (χ2n) is 6.14. The van der Waals surface area contributed by atoms with E-state index >= 15 is 0 Å². The lowest BCUT2D eigenvalue weighted by molar-refractivity contribution is -0.122. The molecule has 0 radical (unpaired) electrons. The molecule has 0 aromatic heterocycles. The van der Waals surface area contributed by atoms with Crippen LogP contribution in [0.3, 0.4) is 0 Å². The molecule has 0 aliphatic carbocycles. The minimum absolute atomic E-state index is 0.145. The first-order chi connectivity index (χ1) is 13.7. The van der Waals surface area contributed by atoms with E-state index in [0.29, 0.717) is 32.6 Å². The number of barbiturate groups is 1. The summed E-state index contributed by atoms with van der Waals surface area (Å²) in [5.74, 6) is -0.816. The number of amides is 4. The highest BCUT2D eigenvalue weighted by molar-refractivity contribution is 9.11. The van der Waals surface area contributed by atoms with Gasteiger partial charge in [-0.25, -0.2) is 9.69 Å². The predicted molar refractivity (Wildman–Crippen MR) is 121 cm³/mol. The molecule has 1 fully saturated rings. The summed E-state index contributed by atoms with van der Waals surface area (Å²) < 4.78 is 7.73. The fraction of sp³-hybridized carbons (Fsp3) is 0.150. The molecule has 2 aromatic rings. The molecular formula is C20H15Br3N2O4. The first-order valence-corrected chi connectivity index (χ1v) is 10.9. The number of benzene rings is 2. The van der Waals surface area contributed by atoms with E-state index in [1.54, 1.807) is 30.3 Å². The van der Waals surface area contributed by atoms with Gasteiger partial charge in [-0.05, 0) is 93.2 Å². The predicted octanol–water partition coefficient (Wildman–Crippen LogP) is 5.35. The third kappa shape index (κ3) is 4.46. The first kappa shape index (κ1) is 21.7. The van der Waals surface area contributed by atoms with Crippen LogP contribution < -0.4 is 15.0 Å². The largest absolute Gasteiger partial charge is 0.492 e. The average Bonchev–Trinajstić information content (AvgIpc) is 2.64. The van der Waals surface area contributed by atoms with Crippen molar-refractivity contribution in [1.29, 1.82) is 0 Å². The van der Waals surface area contributed by atoms with Crippen LogP contribution in [0.2, 0.25) is 0 Å². The summed E-state index contributed by atoms with van der Waals surface area (Å²) in [7, 11) is 0. The van der Waals surface area contributed by atoms with Gasteiger partial charge in [0.1, 0.15) is 11.3 Å². The van der Waals surface area contributed by atoms with Gasteiger partial charge in [-0.1, -0.05) is 15.9 Å². The van der Waals surface area contributed by atoms with E-state index in [2.05, 4.69) is 53.1 Å². The molecule has 150 valence electrons. The maximum atomic E-state index is 13.0. The van der Waals surface area contributed by atoms with E-state index in [9.17, 15) is 14.4 Å². The van der Waals surface area contributed by atoms with Gasteiger partial charge in [0.2, 0.25) is 0 Å². The molecule has 2 aromatic carbocycles. The minimum Gasteiger partial charge on any atom is -0.492 e. The Bertz CT molecular complexity index is 1040. The van der Waals surface area contributed by atoms with Crippen LogP contribution >= 0.6 is 47.8 Å². The molecule has 1 aliphatic rings. The van der Waals surface area contributed by atoms with Crippen LogP contribution in [-0.2, 0) is 9.59 Å². The molecule has 1 saturated heterocycles. The lowest BCUT2D eigenvalue weighted by atomic mass is 10.1. The molecular weight excluding hydrogens is 572 g/mol. The van der Waals surface area contributed by atoms with Crippen molar-refractivity contribution in [3.8, 4) is 5.75 Å². The molecule has 4 amide bonds. The van der Waals surface area contributed by atoms with Crippen molar-refractivity contribution in [3.63, 3.8) is 0 Å². The SMILES string of the molecule is CCOc1c(Br)cc(/C=C2\C(=O)NC(=O)N(c3ccc(Br)c(C)c3)C2=O)cc1Br. The summed E-state index contributed by atoms with van der Waals surface area (Å²) in [6.07, 6.45) is 1.44. The molecule has 0 unspecified atom stereocenters. The number of carbonyl (C=O) groups is 3. The zero-order valence-electron chi connectivity index (χ0n) is 15.4. The van der Waals surface area contributed by atoms with E-state index in [1.807, 2.05) is 13.8 Å². The molecule has 3 rings (SSSR count). The van der Waals surface area contributed by atoms with Gasteiger partial charge in [0.25, 0.3) is 11.8 Å². The van der Waals surface area contributed by atoms with Gasteiger partial charge in [-0.15, -0.1) is 0 Å². The highest BCUT2D eigenvalue weighted by atomic mass is 79.9. The third-order valence-corrected chi connectivity index (χ3v) is 6.19. The molecule has 1 heterocycles. The zero-order valence-corrected chi connectivity index (χ0v) is 20.1. The molecule has 9 heteroatoms. The molecule has 0 atom stereocenters. The number of hydrogen-bond acceptors (Lipinski definition) is 4. The Kier molecular flexibility index (Phi) is 6.60. The van der Waals surface area contributed by atoms with Gasteiger partial charge >= 0.3 is 6.03 Å². The number of imide groups is 2. The van der Waals surface area contributed by atoms with Crippen molar-refractivity contribution >= 4 is 77.4 Å². The molecule has 29 heavy (non-hydrogen) atoms. The summed E-state index contributed by atoms with van der Waals surface area (Å²) in [4.78, 5) is 38.6. The van der Waals surface area contributed by atoms with Gasteiger partial charge < -0.3 is 4.74 Å². The fourth-order valence-corrected chi connectivity index (χ4v) is 4.47. The van der Waals surface area contributed by atoms with Crippen LogP contribution in [0.1, 0.15) is 18.1 Å². The van der Waals surface area contributed by atoms with E-state index in [-0.39, 0.29) is 5.57 Å². The van der Waals surface area contributed by atoms with Crippen molar-refractivity contribution in [1.82, 2.24) is 5.32 Å². The highest BCUT2D eigenvalue weighted by Crippen LogP contribution is 2.36. The summed E-state index contributed by atoms with van der Waals surface area (Å²) in [5, 5.41) is 2.22. The van der Waals surface area contributed by atoms with Crippen molar-refractivity contribution in [3.05, 3.63) is 60.5 Å². The zero-order chi connectivity index (χ0) is 21.3. The normalized spacial score (nSPS) is 15.7. The van der Waals surface area contributed by atoms with Crippen molar-refractivity contribution in [2.24, 2.45) is 0 Å². The number of nitrogens with zero attached hydrogens (tertiary/aromatic N) is 1. The molecule has 1 aliphatic heterocycles. The van der Waals surface area contributed by atoms with Gasteiger partial charge in [0.05, 0.1) is 21.2 Å². The Morgan fingerprint density at radius 2 is 1.69 bits per heavy atom. The van der Waals surface area contributed by atoms with Gasteiger partial charge in [0.15, 0.2) is 0 Å². The number of anilines is 1. The molecule has 0 bridgehead atoms. The van der Waals surface area contributed by atoms with E-state index in [4.69, 9.17) is 4.74 Å². The second-order valence-corrected chi connectivity index (χ2v) is 8.70. The van der Waals surface area contributed by atoms with Crippen LogP contribution in [0.5, 0.6) is 5.75 Å². The molecule has 1 N–H and O–H groups in total. The Labute approximate surface area is 192 Å². The van der Waals surface area contributed by atoms with E-state index < -0.39 is 17.8 Å². The van der Waals surface area contributed by atoms with Crippen molar-refractivity contribution in [2.45, 2.75) is 13.8 Å². The number of carbonyl (C=O) groups excluding carboxylic acids is 3. The summed E-state index contributed by atoms with van der Waals surface area (Å²) in [5.41, 5.74) is 1.67. The van der Waals surface area contributed by atoms with Crippen molar-refractivity contribution < 1.29 is 19.1 Å². The average molecular weight is 587 g/mol. The minimum atomic E-state index is -0.784. The van der Waals surface area contributed by atoms with Gasteiger partial charge in [-0.3, -0.25) is 14.9 Å². The summed E-state index contributed by atoms with van der Waals surface area (Å²) in [6, 6.07) is 7.74. The fourth-order valence-electron chi connectivity index (χ4n) is 2.77. The summed E-state index contributed by atoms with van der Waals surface area (Å²) >= 11 is 10.2. The number of hydrogen-bond donors (Lipinski definition) is 1. The van der Waals surface area contributed by atoms with Crippen LogP contribution in [0.25, 0.3) is 6.08 Å². The van der Waals surface area contributed by atoms with Gasteiger partial charge in [0, 0.05) is 4.47 Å². The Morgan fingerprint density at radius 3 is 2.28 bits per heavy atom. The van der Waals surface area contributed by atoms with Crippen molar-refractivity contribution in [2.75, 3.05) is 11.5 Å². The maximum Gasteiger partial charge on any atom is 0.335 e. The first-order valence-electron chi connectivity index (χ1n) is 8.52. The third-order valence-electron chi connectivity index (χ3n) is 4.12. The van der Waals surface area contributed by atoms with E-state index in [1.165, 1.54) is 6.08 Å². The molecule has 0 saturated carbocycles. The molecule has 0 spiro atoms. The lowest BCUT2D eigenvalue weighted by Crippen LogP contribution is -2.54. The Hall–Kier alpha value is -1.97. The smallest absolute Gasteiger partial charge is 0.335 e. The number of nitrogens with one attached hydrogen (secondary N) is 1. The standard InChI is InChI=1S/C20H15Br3N2O4/c1-3-29-17-15(22)8-11(9-16(17)23)7-13-18(26)24-20(28)25(19(13)27)12-4-5-14(21)10(2)6-12/h4-9H,3H2,1-2H3,(H,24,26,28)/b13-7+. The number of ether oxygens (including phenoxy) is 1. The topological polar surface area (TPSA) is 75.7 Å². The van der Waals surface area contributed by atoms with Crippen LogP contribution in [0, 0.1) is 6.92 Å². The number of rotatable bonds is 4. The maximum absolute atomic E-state index is 13.0. The van der Waals surface area contributed by atoms with Crippen LogP contribution in [0.4, 0.5) is 10.5 Å². The van der Waals surface area contributed by atoms with E-state index in [0.717, 1.165) is 14.9 Å². The number of halogens is 3. The lowest BCUT2D eigenvalue weighted by Gasteiger charge is -2.26. The van der Waals surface area contributed by atoms with Gasteiger partial charge in [-0.2, -0.15) is 0 Å². The monoisotopic (exact) mass is 584 g/mol. The second kappa shape index (κ2) is 8.81. The van der Waals surface area contributed by atoms with Crippen LogP contribution in [0.15, 0.2) is 49.3 Å². The Balaban J connectivity index is 2.02. The van der Waals surface area contributed by atoms with Crippen LogP contribution in [-0.4, -0.2) is 24.5 Å². The Morgan fingerprint density at radius 1 is 1.03 bits per heavy atom. The summed E-state index contributed by atoms with van der Waals surface area (Å²) in [6.45, 7) is 4.20. The number of urea groups is 1. The number of aryl methyl sites for hydroxylation is 1. The molecule has 6 nitrogen and oxygen atoms in total. The quantitative estimate of drug-likeness (QED) is 0.387. The highest BCUT2D eigenvalue weighted by Gasteiger charge is 2.37.